The maximum absolute atomic E-state index is 14.7. The van der Waals surface area contributed by atoms with Crippen molar-refractivity contribution in [1.82, 2.24) is 19.7 Å². The zero-order valence-corrected chi connectivity index (χ0v) is 17.2. The third-order valence-electron chi connectivity index (χ3n) is 5.19. The second-order valence-corrected chi connectivity index (χ2v) is 8.01. The van der Waals surface area contributed by atoms with E-state index in [9.17, 15) is 13.9 Å². The number of halogens is 2. The zero-order chi connectivity index (χ0) is 22.0. The molecule has 0 aliphatic heterocycles. The quantitative estimate of drug-likeness (QED) is 0.487. The molecule has 4 rings (SSSR count). The molecule has 0 bridgehead atoms. The number of hydrogen-bond acceptors (Lipinski definition) is 6. The first-order chi connectivity index (χ1) is 14.9. The van der Waals surface area contributed by atoms with E-state index >= 15 is 0 Å². The average Bonchev–Trinajstić information content (AvgIpc) is 3.45. The fourth-order valence-electron chi connectivity index (χ4n) is 3.40. The second kappa shape index (κ2) is 8.34. The molecule has 0 saturated carbocycles. The molecular weight excluding hydrogens is 420 g/mol. The SMILES string of the molecule is C[C@@H](c1nc(-c2ccc(C#N)cc2)cs1)C(O)(Cn1cncn1)c1ccc(F)cc1F. The number of thiazole rings is 1. The van der Waals surface area contributed by atoms with Crippen LogP contribution in [0.1, 0.15) is 29.0 Å². The first-order valence-corrected chi connectivity index (χ1v) is 10.2. The van der Waals surface area contributed by atoms with Crippen LogP contribution in [0.25, 0.3) is 11.3 Å². The summed E-state index contributed by atoms with van der Waals surface area (Å²) in [7, 11) is 0. The van der Waals surface area contributed by atoms with E-state index in [0.29, 0.717) is 16.3 Å². The minimum absolute atomic E-state index is 0.0491. The van der Waals surface area contributed by atoms with Crippen molar-refractivity contribution in [2.75, 3.05) is 0 Å². The Balaban J connectivity index is 1.73. The first kappa shape index (κ1) is 20.8. The molecule has 0 radical (unpaired) electrons. The number of nitriles is 1. The summed E-state index contributed by atoms with van der Waals surface area (Å²) in [6.45, 7) is 1.64. The van der Waals surface area contributed by atoms with Crippen molar-refractivity contribution in [3.8, 4) is 17.3 Å². The largest absolute Gasteiger partial charge is 0.382 e. The number of rotatable bonds is 6. The maximum Gasteiger partial charge on any atom is 0.137 e. The molecule has 4 aromatic rings. The summed E-state index contributed by atoms with van der Waals surface area (Å²) in [5.41, 5.74) is 0.236. The highest BCUT2D eigenvalue weighted by Crippen LogP contribution is 2.41. The van der Waals surface area contributed by atoms with Crippen LogP contribution < -0.4 is 0 Å². The molecule has 2 heterocycles. The van der Waals surface area contributed by atoms with Crippen molar-refractivity contribution in [2.45, 2.75) is 25.0 Å². The molecule has 31 heavy (non-hydrogen) atoms. The first-order valence-electron chi connectivity index (χ1n) is 9.37. The average molecular weight is 437 g/mol. The van der Waals surface area contributed by atoms with E-state index < -0.39 is 23.2 Å². The standard InChI is InChI=1S/C22H17F2N5OS/c1-14(21-28-20(10-31-21)16-4-2-15(9-25)3-5-16)22(30,11-29-13-26-12-27-29)18-7-6-17(23)8-19(18)24/h2-8,10,12-14,30H,11H2,1H3/t14-,22?/m0/s1. The molecule has 2 aromatic heterocycles. The van der Waals surface area contributed by atoms with E-state index in [2.05, 4.69) is 21.1 Å². The summed E-state index contributed by atoms with van der Waals surface area (Å²) in [5, 5.41) is 27.1. The van der Waals surface area contributed by atoms with Gasteiger partial charge in [-0.25, -0.2) is 23.4 Å². The second-order valence-electron chi connectivity index (χ2n) is 7.12. The monoisotopic (exact) mass is 437 g/mol. The van der Waals surface area contributed by atoms with Gasteiger partial charge in [0.1, 0.15) is 29.9 Å². The predicted molar refractivity (Wildman–Crippen MR) is 111 cm³/mol. The van der Waals surface area contributed by atoms with Gasteiger partial charge in [-0.1, -0.05) is 25.1 Å². The highest BCUT2D eigenvalue weighted by Gasteiger charge is 2.41. The van der Waals surface area contributed by atoms with E-state index in [1.807, 2.05) is 5.38 Å². The normalized spacial score (nSPS) is 14.0. The van der Waals surface area contributed by atoms with Gasteiger partial charge in [0.05, 0.1) is 28.9 Å². The van der Waals surface area contributed by atoms with E-state index in [-0.39, 0.29) is 12.1 Å². The minimum atomic E-state index is -1.76. The molecule has 1 unspecified atom stereocenters. The summed E-state index contributed by atoms with van der Waals surface area (Å²) >= 11 is 1.33. The van der Waals surface area contributed by atoms with E-state index in [1.54, 1.807) is 31.2 Å². The van der Waals surface area contributed by atoms with Gasteiger partial charge in [-0.15, -0.1) is 11.3 Å². The Morgan fingerprint density at radius 2 is 2.00 bits per heavy atom. The number of benzene rings is 2. The third-order valence-corrected chi connectivity index (χ3v) is 6.21. The summed E-state index contributed by atoms with van der Waals surface area (Å²) in [6.07, 6.45) is 2.74. The summed E-state index contributed by atoms with van der Waals surface area (Å²) in [5.74, 6) is -2.22. The molecule has 0 saturated heterocycles. The minimum Gasteiger partial charge on any atom is -0.382 e. The van der Waals surface area contributed by atoms with Gasteiger partial charge in [-0.3, -0.25) is 0 Å². The van der Waals surface area contributed by atoms with Gasteiger partial charge in [-0.05, 0) is 18.2 Å². The van der Waals surface area contributed by atoms with Gasteiger partial charge in [0.2, 0.25) is 0 Å². The number of nitrogens with zero attached hydrogens (tertiary/aromatic N) is 5. The molecule has 9 heteroatoms. The lowest BCUT2D eigenvalue weighted by Crippen LogP contribution is -2.38. The van der Waals surface area contributed by atoms with Crippen LogP contribution in [0.15, 0.2) is 60.5 Å². The molecule has 0 fully saturated rings. The molecule has 0 aliphatic carbocycles. The smallest absolute Gasteiger partial charge is 0.137 e. The molecule has 6 nitrogen and oxygen atoms in total. The van der Waals surface area contributed by atoms with Crippen molar-refractivity contribution < 1.29 is 13.9 Å². The number of aromatic nitrogens is 4. The highest BCUT2D eigenvalue weighted by molar-refractivity contribution is 7.10. The van der Waals surface area contributed by atoms with Crippen LogP contribution >= 0.6 is 11.3 Å². The van der Waals surface area contributed by atoms with Crippen molar-refractivity contribution >= 4 is 11.3 Å². The fraction of sp³-hybridized carbons (Fsp3) is 0.182. The lowest BCUT2D eigenvalue weighted by Gasteiger charge is -2.33. The Morgan fingerprint density at radius 1 is 1.23 bits per heavy atom. The Labute approximate surface area is 181 Å². The van der Waals surface area contributed by atoms with Gasteiger partial charge >= 0.3 is 0 Å². The van der Waals surface area contributed by atoms with Crippen LogP contribution in [0, 0.1) is 23.0 Å². The van der Waals surface area contributed by atoms with Gasteiger partial charge in [0.15, 0.2) is 0 Å². The van der Waals surface area contributed by atoms with Gasteiger partial charge in [0.25, 0.3) is 0 Å². The number of aliphatic hydroxyl groups is 1. The Bertz CT molecular complexity index is 1230. The van der Waals surface area contributed by atoms with Crippen LogP contribution in [-0.4, -0.2) is 24.9 Å². The summed E-state index contributed by atoms with van der Waals surface area (Å²) < 4.78 is 29.6. The molecule has 2 aromatic carbocycles. The van der Waals surface area contributed by atoms with Gasteiger partial charge in [0, 0.05) is 28.5 Å². The molecule has 0 aliphatic rings. The van der Waals surface area contributed by atoms with E-state index in [1.165, 1.54) is 34.7 Å². The molecule has 156 valence electrons. The van der Waals surface area contributed by atoms with Crippen molar-refractivity contribution in [2.24, 2.45) is 0 Å². The predicted octanol–water partition coefficient (Wildman–Crippen LogP) is 4.24. The Kier molecular flexibility index (Phi) is 5.59. The Hall–Kier alpha value is -3.48. The van der Waals surface area contributed by atoms with Crippen molar-refractivity contribution in [3.05, 3.63) is 88.3 Å². The summed E-state index contributed by atoms with van der Waals surface area (Å²) in [4.78, 5) is 8.52. The molecular formula is C22H17F2N5OS. The molecule has 0 spiro atoms. The highest BCUT2D eigenvalue weighted by atomic mass is 32.1. The van der Waals surface area contributed by atoms with Gasteiger partial charge in [-0.2, -0.15) is 10.4 Å². The topological polar surface area (TPSA) is 87.6 Å². The lowest BCUT2D eigenvalue weighted by molar-refractivity contribution is -0.0112. The fourth-order valence-corrected chi connectivity index (χ4v) is 4.37. The van der Waals surface area contributed by atoms with Crippen molar-refractivity contribution in [1.29, 1.82) is 5.26 Å². The lowest BCUT2D eigenvalue weighted by atomic mass is 9.82. The molecule has 2 atom stereocenters. The summed E-state index contributed by atoms with van der Waals surface area (Å²) in [6, 6.07) is 12.2. The molecule has 0 amide bonds. The van der Waals surface area contributed by atoms with Crippen LogP contribution in [0.5, 0.6) is 0 Å². The zero-order valence-electron chi connectivity index (χ0n) is 16.4. The van der Waals surface area contributed by atoms with Crippen LogP contribution in [-0.2, 0) is 12.1 Å². The van der Waals surface area contributed by atoms with Crippen LogP contribution in [0.2, 0.25) is 0 Å². The third kappa shape index (κ3) is 4.08. The Morgan fingerprint density at radius 3 is 2.65 bits per heavy atom. The van der Waals surface area contributed by atoms with Crippen LogP contribution in [0.3, 0.4) is 0 Å². The maximum atomic E-state index is 14.7. The van der Waals surface area contributed by atoms with Crippen LogP contribution in [0.4, 0.5) is 8.78 Å². The number of hydrogen-bond donors (Lipinski definition) is 1. The molecule has 1 N–H and O–H groups in total. The van der Waals surface area contributed by atoms with E-state index in [0.717, 1.165) is 17.7 Å². The van der Waals surface area contributed by atoms with E-state index in [4.69, 9.17) is 5.26 Å². The van der Waals surface area contributed by atoms with Gasteiger partial charge < -0.3 is 5.11 Å². The van der Waals surface area contributed by atoms with Crippen molar-refractivity contribution in [3.63, 3.8) is 0 Å².